The van der Waals surface area contributed by atoms with Gasteiger partial charge in [-0.1, -0.05) is 54.6 Å². The van der Waals surface area contributed by atoms with Crippen molar-refractivity contribution < 1.29 is 42.8 Å². The van der Waals surface area contributed by atoms with Crippen LogP contribution in [-0.2, 0) is 38.9 Å². The first-order chi connectivity index (χ1) is 21.0. The third-order valence-corrected chi connectivity index (χ3v) is 7.04. The van der Waals surface area contributed by atoms with Crippen molar-refractivity contribution in [3.8, 4) is 11.5 Å². The summed E-state index contributed by atoms with van der Waals surface area (Å²) in [6.07, 6.45) is -0.368. The van der Waals surface area contributed by atoms with Gasteiger partial charge in [-0.05, 0) is 75.6 Å². The predicted octanol–water partition coefficient (Wildman–Crippen LogP) is 5.86. The largest absolute Gasteiger partial charge is 0.497 e. The molecule has 0 amide bonds. The molecule has 0 aliphatic rings. The first-order valence-electron chi connectivity index (χ1n) is 14.5. The Balaban J connectivity index is 2.20. The number of esters is 3. The molecule has 9 heteroatoms. The number of carbonyl (C=O) groups excluding carboxylic acids is 3. The number of methoxy groups -OCH3 is 2. The maximum Gasteiger partial charge on any atom is 0.362 e. The van der Waals surface area contributed by atoms with Crippen LogP contribution in [0.3, 0.4) is 0 Å². The number of ether oxygens (including phenoxy) is 6. The van der Waals surface area contributed by atoms with Crippen LogP contribution < -0.4 is 9.47 Å². The Morgan fingerprint density at radius 3 is 1.43 bits per heavy atom. The smallest absolute Gasteiger partial charge is 0.362 e. The first-order valence-corrected chi connectivity index (χ1v) is 14.5. The number of hydrogen-bond acceptors (Lipinski definition) is 9. The molecule has 44 heavy (non-hydrogen) atoms. The maximum atomic E-state index is 13.5. The molecule has 0 radical (unpaired) electrons. The van der Waals surface area contributed by atoms with Crippen LogP contribution in [0.15, 0.2) is 78.9 Å². The summed E-state index contributed by atoms with van der Waals surface area (Å²) in [5.41, 5.74) is -2.37. The second-order valence-electron chi connectivity index (χ2n) is 11.0. The second kappa shape index (κ2) is 14.9. The molecule has 0 aromatic heterocycles. The number of rotatable bonds is 14. The zero-order valence-electron chi connectivity index (χ0n) is 26.5. The fourth-order valence-electron chi connectivity index (χ4n) is 4.65. The van der Waals surface area contributed by atoms with Crippen molar-refractivity contribution in [1.29, 1.82) is 0 Å². The SMILES string of the molecule is CCOC(=O)C(CCOC(c1ccccc1)(c1ccc(OC)cc1)c1ccc(OC)cc1)(OC(=O)C(C)(C)C)C(=O)OCC. The summed E-state index contributed by atoms with van der Waals surface area (Å²) in [4.78, 5) is 40.1. The molecule has 0 saturated heterocycles. The molecule has 9 nitrogen and oxygen atoms in total. The standard InChI is InChI=1S/C35H42O9/c1-8-41-31(37)34(32(38)42-9-2,44-30(36)33(3,4)5)23-24-43-35(25-13-11-10-12-14-25,26-15-19-28(39-6)20-16-26)27-17-21-29(40-7)22-18-27/h10-22H,8-9,23-24H2,1-7H3. The molecule has 0 aliphatic heterocycles. The lowest BCUT2D eigenvalue weighted by Gasteiger charge is -2.37. The Bertz CT molecular complexity index is 1310. The van der Waals surface area contributed by atoms with Crippen LogP contribution in [0.25, 0.3) is 0 Å². The van der Waals surface area contributed by atoms with Gasteiger partial charge in [-0.15, -0.1) is 0 Å². The van der Waals surface area contributed by atoms with Crippen LogP contribution in [0.5, 0.6) is 11.5 Å². The van der Waals surface area contributed by atoms with E-state index in [0.29, 0.717) is 11.5 Å². The lowest BCUT2D eigenvalue weighted by Crippen LogP contribution is -2.54. The molecule has 0 saturated carbocycles. The zero-order chi connectivity index (χ0) is 32.4. The van der Waals surface area contributed by atoms with Gasteiger partial charge in [0.15, 0.2) is 0 Å². The normalized spacial score (nSPS) is 11.8. The summed E-state index contributed by atoms with van der Waals surface area (Å²) < 4.78 is 33.9. The summed E-state index contributed by atoms with van der Waals surface area (Å²) >= 11 is 0. The number of benzene rings is 3. The van der Waals surface area contributed by atoms with Crippen LogP contribution >= 0.6 is 0 Å². The van der Waals surface area contributed by atoms with Crippen LogP contribution in [0.1, 0.15) is 57.7 Å². The van der Waals surface area contributed by atoms with Gasteiger partial charge in [-0.3, -0.25) is 4.79 Å². The molecule has 0 unspecified atom stereocenters. The Morgan fingerprint density at radius 1 is 0.614 bits per heavy atom. The lowest BCUT2D eigenvalue weighted by atomic mass is 9.80. The molecule has 0 fully saturated rings. The van der Waals surface area contributed by atoms with Gasteiger partial charge in [0.05, 0.1) is 39.5 Å². The molecule has 0 N–H and O–H groups in total. The molecule has 3 rings (SSSR count). The van der Waals surface area contributed by atoms with Crippen molar-refractivity contribution in [2.45, 2.75) is 52.2 Å². The fraction of sp³-hybridized carbons (Fsp3) is 0.400. The van der Waals surface area contributed by atoms with Crippen LogP contribution in [0.2, 0.25) is 0 Å². The minimum atomic E-state index is -2.39. The van der Waals surface area contributed by atoms with Gasteiger partial charge in [0, 0.05) is 6.42 Å². The van der Waals surface area contributed by atoms with Crippen LogP contribution in [0.4, 0.5) is 0 Å². The molecule has 0 aliphatic carbocycles. The van der Waals surface area contributed by atoms with Crippen LogP contribution in [0, 0.1) is 5.41 Å². The second-order valence-corrected chi connectivity index (χ2v) is 11.0. The van der Waals surface area contributed by atoms with E-state index in [2.05, 4.69) is 0 Å². The topological polar surface area (TPSA) is 107 Å². The van der Waals surface area contributed by atoms with E-state index in [1.807, 2.05) is 78.9 Å². The maximum absolute atomic E-state index is 13.5. The summed E-state index contributed by atoms with van der Waals surface area (Å²) in [5.74, 6) is -1.51. The molecule has 0 atom stereocenters. The van der Waals surface area contributed by atoms with Gasteiger partial charge < -0.3 is 28.4 Å². The molecule has 3 aromatic carbocycles. The Kier molecular flexibility index (Phi) is 11.5. The van der Waals surface area contributed by atoms with Crippen molar-refractivity contribution in [3.63, 3.8) is 0 Å². The monoisotopic (exact) mass is 606 g/mol. The highest BCUT2D eigenvalue weighted by Gasteiger charge is 2.54. The van der Waals surface area contributed by atoms with Gasteiger partial charge in [0.1, 0.15) is 17.1 Å². The van der Waals surface area contributed by atoms with Crippen molar-refractivity contribution in [1.82, 2.24) is 0 Å². The van der Waals surface area contributed by atoms with E-state index in [-0.39, 0.29) is 26.2 Å². The summed E-state index contributed by atoms with van der Waals surface area (Å²) in [5, 5.41) is 0. The third kappa shape index (κ3) is 7.39. The van der Waals surface area contributed by atoms with Gasteiger partial charge in [0.25, 0.3) is 0 Å². The lowest BCUT2D eigenvalue weighted by molar-refractivity contribution is -0.203. The Hall–Kier alpha value is -4.37. The van der Waals surface area contributed by atoms with Gasteiger partial charge in [0.2, 0.25) is 0 Å². The van der Waals surface area contributed by atoms with Crippen LogP contribution in [-0.4, -0.2) is 57.5 Å². The highest BCUT2D eigenvalue weighted by atomic mass is 16.6. The zero-order valence-corrected chi connectivity index (χ0v) is 26.5. The molecular formula is C35H42O9. The van der Waals surface area contributed by atoms with Crippen molar-refractivity contribution in [2.24, 2.45) is 5.41 Å². The number of hydrogen-bond donors (Lipinski definition) is 0. The Labute approximate surface area is 259 Å². The predicted molar refractivity (Wildman–Crippen MR) is 164 cm³/mol. The first kappa shape index (κ1) is 34.1. The molecular weight excluding hydrogens is 564 g/mol. The average molecular weight is 607 g/mol. The van der Waals surface area contributed by atoms with Crippen molar-refractivity contribution in [2.75, 3.05) is 34.0 Å². The summed E-state index contributed by atoms with van der Waals surface area (Å²) in [6.45, 7) is 7.77. The molecule has 3 aromatic rings. The quantitative estimate of drug-likeness (QED) is 0.0966. The summed E-state index contributed by atoms with van der Waals surface area (Å²) in [6, 6.07) is 24.4. The highest BCUT2D eigenvalue weighted by molar-refractivity contribution is 6.05. The average Bonchev–Trinajstić information content (AvgIpc) is 3.03. The van der Waals surface area contributed by atoms with E-state index in [4.69, 9.17) is 28.4 Å². The molecule has 236 valence electrons. The fourth-order valence-corrected chi connectivity index (χ4v) is 4.65. The Morgan fingerprint density at radius 2 is 1.05 bits per heavy atom. The minimum Gasteiger partial charge on any atom is -0.497 e. The van der Waals surface area contributed by atoms with E-state index >= 15 is 0 Å². The third-order valence-electron chi connectivity index (χ3n) is 7.04. The molecule has 0 bridgehead atoms. The van der Waals surface area contributed by atoms with E-state index in [1.54, 1.807) is 48.8 Å². The summed E-state index contributed by atoms with van der Waals surface area (Å²) in [7, 11) is 3.17. The van der Waals surface area contributed by atoms with E-state index in [0.717, 1.165) is 16.7 Å². The van der Waals surface area contributed by atoms with Crippen molar-refractivity contribution in [3.05, 3.63) is 95.6 Å². The molecule has 0 spiro atoms. The number of carbonyl (C=O) groups is 3. The molecule has 0 heterocycles. The van der Waals surface area contributed by atoms with Gasteiger partial charge in [-0.25, -0.2) is 9.59 Å². The highest BCUT2D eigenvalue weighted by Crippen LogP contribution is 2.42. The minimum absolute atomic E-state index is 0.0421. The van der Waals surface area contributed by atoms with Gasteiger partial charge in [-0.2, -0.15) is 0 Å². The van der Waals surface area contributed by atoms with E-state index in [9.17, 15) is 14.4 Å². The van der Waals surface area contributed by atoms with Gasteiger partial charge >= 0.3 is 23.5 Å². The van der Waals surface area contributed by atoms with E-state index in [1.165, 1.54) is 0 Å². The van der Waals surface area contributed by atoms with E-state index < -0.39 is 34.5 Å². The van der Waals surface area contributed by atoms with Crippen molar-refractivity contribution >= 4 is 17.9 Å².